The number of carbonyl (C=O) groups is 2. The highest BCUT2D eigenvalue weighted by Crippen LogP contribution is 2.10. The van der Waals surface area contributed by atoms with E-state index < -0.39 is 5.92 Å². The second-order valence-electron chi connectivity index (χ2n) is 2.55. The molecule has 0 aromatic heterocycles. The van der Waals surface area contributed by atoms with Gasteiger partial charge in [0.2, 0.25) is 5.91 Å². The third-order valence-corrected chi connectivity index (χ3v) is 1.74. The number of ketones is 1. The zero-order valence-electron chi connectivity index (χ0n) is 6.20. The van der Waals surface area contributed by atoms with E-state index in [4.69, 9.17) is 5.26 Å². The third kappa shape index (κ3) is 1.37. The molecule has 0 radical (unpaired) electrons. The second kappa shape index (κ2) is 2.70. The van der Waals surface area contributed by atoms with Crippen LogP contribution in [0.1, 0.15) is 6.92 Å². The molecule has 1 rings (SSSR count). The lowest BCUT2D eigenvalue weighted by Crippen LogP contribution is -2.26. The molecule has 58 valence electrons. The number of nitrogens with zero attached hydrogens (tertiary/aromatic N) is 2. The molecule has 1 aliphatic rings. The molecule has 0 aromatic carbocycles. The van der Waals surface area contributed by atoms with E-state index in [1.54, 1.807) is 0 Å². The summed E-state index contributed by atoms with van der Waals surface area (Å²) in [4.78, 5) is 23.0. The van der Waals surface area contributed by atoms with Gasteiger partial charge in [0.1, 0.15) is 5.92 Å². The molecule has 11 heavy (non-hydrogen) atoms. The number of Topliss-reactive ketones (excluding diaryl/α,β-unsaturated/α-hetero) is 1. The fourth-order valence-electron chi connectivity index (χ4n) is 1.04. The van der Waals surface area contributed by atoms with Gasteiger partial charge in [-0.2, -0.15) is 5.26 Å². The summed E-state index contributed by atoms with van der Waals surface area (Å²) in [5.41, 5.74) is 0. The first-order valence-electron chi connectivity index (χ1n) is 3.33. The summed E-state index contributed by atoms with van der Waals surface area (Å²) in [5, 5.41) is 8.43. The van der Waals surface area contributed by atoms with E-state index in [2.05, 4.69) is 0 Å². The number of amides is 1. The Morgan fingerprint density at radius 3 is 2.73 bits per heavy atom. The van der Waals surface area contributed by atoms with Gasteiger partial charge in [-0.15, -0.1) is 0 Å². The van der Waals surface area contributed by atoms with E-state index >= 15 is 0 Å². The maximum atomic E-state index is 10.9. The third-order valence-electron chi connectivity index (χ3n) is 1.74. The molecule has 1 heterocycles. The van der Waals surface area contributed by atoms with Gasteiger partial charge in [0.05, 0.1) is 12.6 Å². The number of hydrogen-bond donors (Lipinski definition) is 0. The van der Waals surface area contributed by atoms with Gasteiger partial charge in [0.15, 0.2) is 5.78 Å². The van der Waals surface area contributed by atoms with Gasteiger partial charge in [-0.3, -0.25) is 9.59 Å². The molecule has 4 heteroatoms. The average molecular weight is 152 g/mol. The molecule has 0 bridgehead atoms. The molecule has 0 spiro atoms. The molecule has 0 saturated carbocycles. The number of carbonyl (C=O) groups excluding carboxylic acids is 2. The average Bonchev–Trinajstić information content (AvgIpc) is 2.31. The van der Waals surface area contributed by atoms with Crippen molar-refractivity contribution in [1.82, 2.24) is 4.90 Å². The summed E-state index contributed by atoms with van der Waals surface area (Å²) < 4.78 is 0. The molecule has 1 fully saturated rings. The van der Waals surface area contributed by atoms with Crippen molar-refractivity contribution in [3.8, 4) is 6.07 Å². The van der Waals surface area contributed by atoms with Gasteiger partial charge in [0.25, 0.3) is 0 Å². The van der Waals surface area contributed by atoms with Crippen LogP contribution in [0.15, 0.2) is 0 Å². The Bertz CT molecular complexity index is 241. The Morgan fingerprint density at radius 2 is 2.45 bits per heavy atom. The van der Waals surface area contributed by atoms with Crippen LogP contribution in [0.5, 0.6) is 0 Å². The van der Waals surface area contributed by atoms with Crippen molar-refractivity contribution in [1.29, 1.82) is 5.26 Å². The number of hydrogen-bond acceptors (Lipinski definition) is 3. The molecule has 1 unspecified atom stereocenters. The molecule has 1 saturated heterocycles. The van der Waals surface area contributed by atoms with E-state index in [-0.39, 0.29) is 24.8 Å². The SMILES string of the molecule is CC(=O)N1CC(=O)C(C#N)C1. The number of nitriles is 1. The van der Waals surface area contributed by atoms with Crippen LogP contribution in [-0.2, 0) is 9.59 Å². The van der Waals surface area contributed by atoms with Gasteiger partial charge in [-0.25, -0.2) is 0 Å². The molecule has 1 amide bonds. The maximum Gasteiger partial charge on any atom is 0.219 e. The maximum absolute atomic E-state index is 10.9. The fraction of sp³-hybridized carbons (Fsp3) is 0.571. The first kappa shape index (κ1) is 7.73. The first-order valence-corrected chi connectivity index (χ1v) is 3.33. The van der Waals surface area contributed by atoms with Crippen LogP contribution in [0.4, 0.5) is 0 Å². The van der Waals surface area contributed by atoms with Gasteiger partial charge in [-0.05, 0) is 0 Å². The lowest BCUT2D eigenvalue weighted by atomic mass is 10.1. The standard InChI is InChI=1S/C7H8N2O2/c1-5(10)9-3-6(2-8)7(11)4-9/h6H,3-4H2,1H3. The van der Waals surface area contributed by atoms with E-state index in [0.29, 0.717) is 0 Å². The highest BCUT2D eigenvalue weighted by atomic mass is 16.2. The van der Waals surface area contributed by atoms with Crippen LogP contribution in [0.2, 0.25) is 0 Å². The molecule has 0 aromatic rings. The Hall–Kier alpha value is -1.37. The van der Waals surface area contributed by atoms with E-state index in [1.165, 1.54) is 11.8 Å². The van der Waals surface area contributed by atoms with Crippen molar-refractivity contribution in [2.24, 2.45) is 5.92 Å². The largest absolute Gasteiger partial charge is 0.334 e. The van der Waals surface area contributed by atoms with Crippen molar-refractivity contribution in [2.75, 3.05) is 13.1 Å². The Balaban J connectivity index is 2.65. The minimum atomic E-state index is -0.598. The monoisotopic (exact) mass is 152 g/mol. The minimum absolute atomic E-state index is 0.105. The molecule has 1 atom stereocenters. The summed E-state index contributed by atoms with van der Waals surface area (Å²) in [7, 11) is 0. The van der Waals surface area contributed by atoms with Gasteiger partial charge >= 0.3 is 0 Å². The zero-order valence-corrected chi connectivity index (χ0v) is 6.20. The van der Waals surface area contributed by atoms with Crippen LogP contribution in [0.3, 0.4) is 0 Å². The number of likely N-dealkylation sites (tertiary alicyclic amines) is 1. The summed E-state index contributed by atoms with van der Waals surface area (Å²) in [6.45, 7) is 1.77. The molecule has 4 nitrogen and oxygen atoms in total. The molecular formula is C7H8N2O2. The Morgan fingerprint density at radius 1 is 1.82 bits per heavy atom. The van der Waals surface area contributed by atoms with E-state index in [1.807, 2.05) is 6.07 Å². The summed E-state index contributed by atoms with van der Waals surface area (Å²) in [6.07, 6.45) is 0. The van der Waals surface area contributed by atoms with Gasteiger partial charge in [-0.1, -0.05) is 0 Å². The first-order chi connectivity index (χ1) is 5.15. The lowest BCUT2D eigenvalue weighted by molar-refractivity contribution is -0.129. The van der Waals surface area contributed by atoms with Crippen LogP contribution in [0.25, 0.3) is 0 Å². The second-order valence-corrected chi connectivity index (χ2v) is 2.55. The summed E-state index contributed by atoms with van der Waals surface area (Å²) >= 11 is 0. The van der Waals surface area contributed by atoms with Crippen LogP contribution >= 0.6 is 0 Å². The predicted molar refractivity (Wildman–Crippen MR) is 36.4 cm³/mol. The zero-order chi connectivity index (χ0) is 8.43. The van der Waals surface area contributed by atoms with Crippen molar-refractivity contribution >= 4 is 11.7 Å². The molecule has 1 aliphatic heterocycles. The van der Waals surface area contributed by atoms with Crippen LogP contribution in [-0.4, -0.2) is 29.7 Å². The van der Waals surface area contributed by atoms with Crippen LogP contribution in [0, 0.1) is 17.2 Å². The van der Waals surface area contributed by atoms with E-state index in [9.17, 15) is 9.59 Å². The van der Waals surface area contributed by atoms with Crippen molar-refractivity contribution in [3.63, 3.8) is 0 Å². The van der Waals surface area contributed by atoms with Gasteiger partial charge < -0.3 is 4.90 Å². The molecule has 0 aliphatic carbocycles. The quantitative estimate of drug-likeness (QED) is 0.472. The Labute approximate surface area is 64.4 Å². The summed E-state index contributed by atoms with van der Waals surface area (Å²) in [5.74, 6) is -0.891. The smallest absolute Gasteiger partial charge is 0.219 e. The van der Waals surface area contributed by atoms with Crippen molar-refractivity contribution < 1.29 is 9.59 Å². The minimum Gasteiger partial charge on any atom is -0.334 e. The predicted octanol–water partition coefficient (Wildman–Crippen LogP) is -0.443. The van der Waals surface area contributed by atoms with E-state index in [0.717, 1.165) is 0 Å². The van der Waals surface area contributed by atoms with Crippen molar-refractivity contribution in [3.05, 3.63) is 0 Å². The highest BCUT2D eigenvalue weighted by molar-refractivity contribution is 5.92. The highest BCUT2D eigenvalue weighted by Gasteiger charge is 2.31. The van der Waals surface area contributed by atoms with Gasteiger partial charge in [0, 0.05) is 13.5 Å². The summed E-state index contributed by atoms with van der Waals surface area (Å²) in [6, 6.07) is 1.86. The molecular weight excluding hydrogens is 144 g/mol. The fourth-order valence-corrected chi connectivity index (χ4v) is 1.04. The molecule has 0 N–H and O–H groups in total. The lowest BCUT2D eigenvalue weighted by Gasteiger charge is -2.09. The van der Waals surface area contributed by atoms with Crippen LogP contribution < -0.4 is 0 Å². The number of rotatable bonds is 0. The topological polar surface area (TPSA) is 61.2 Å². The Kier molecular flexibility index (Phi) is 1.90. The normalized spacial score (nSPS) is 23.5. The van der Waals surface area contributed by atoms with Crippen molar-refractivity contribution in [2.45, 2.75) is 6.92 Å².